The highest BCUT2D eigenvalue weighted by Crippen LogP contribution is 2.32. The van der Waals surface area contributed by atoms with E-state index in [1.165, 1.54) is 28.7 Å². The molecule has 2 aromatic carbocycles. The molecule has 0 radical (unpaired) electrons. The molecular weight excluding hydrogens is 372 g/mol. The van der Waals surface area contributed by atoms with Crippen LogP contribution >= 0.6 is 0 Å². The average Bonchev–Trinajstić information content (AvgIpc) is 3.38. The van der Waals surface area contributed by atoms with Gasteiger partial charge in [0.25, 0.3) is 0 Å². The standard InChI is InChI=1S/C25H28N4O/c1-16-23(17(2)29-28-16)20-13-19-10-12-30-25(19)21(14-20)15-27-22-9-6-11-26-24(22)18-7-4-3-5-8-18/h3-5,7-8,10,12-14,22,24,26-27H,6,9,11,15H2,1-2H3,(H,28,29)/t22-,24-/m0/s1. The van der Waals surface area contributed by atoms with Crippen LogP contribution in [0.5, 0.6) is 0 Å². The molecule has 0 spiro atoms. The number of nitrogens with one attached hydrogen (secondary N) is 3. The first-order valence-electron chi connectivity index (χ1n) is 10.7. The Morgan fingerprint density at radius 3 is 2.80 bits per heavy atom. The number of rotatable bonds is 5. The summed E-state index contributed by atoms with van der Waals surface area (Å²) in [5, 5.41) is 16.1. The summed E-state index contributed by atoms with van der Waals surface area (Å²) in [5.74, 6) is 0. The Morgan fingerprint density at radius 2 is 2.00 bits per heavy atom. The van der Waals surface area contributed by atoms with Gasteiger partial charge in [0.05, 0.1) is 12.0 Å². The molecule has 0 aliphatic carbocycles. The summed E-state index contributed by atoms with van der Waals surface area (Å²) < 4.78 is 5.85. The summed E-state index contributed by atoms with van der Waals surface area (Å²) in [7, 11) is 0. The normalized spacial score (nSPS) is 19.4. The molecule has 5 nitrogen and oxygen atoms in total. The van der Waals surface area contributed by atoms with E-state index in [0.717, 1.165) is 41.9 Å². The largest absolute Gasteiger partial charge is 0.464 e. The molecule has 30 heavy (non-hydrogen) atoms. The lowest BCUT2D eigenvalue weighted by molar-refractivity contribution is 0.304. The fourth-order valence-electron chi connectivity index (χ4n) is 4.77. The number of fused-ring (bicyclic) bond motifs is 1. The van der Waals surface area contributed by atoms with E-state index in [4.69, 9.17) is 4.42 Å². The average molecular weight is 401 g/mol. The zero-order valence-corrected chi connectivity index (χ0v) is 17.5. The van der Waals surface area contributed by atoms with Crippen LogP contribution in [0.25, 0.3) is 22.1 Å². The Hall–Kier alpha value is -2.89. The highest BCUT2D eigenvalue weighted by molar-refractivity contribution is 5.87. The van der Waals surface area contributed by atoms with Gasteiger partial charge in [-0.25, -0.2) is 0 Å². The molecule has 1 saturated heterocycles. The molecule has 0 unspecified atom stereocenters. The second-order valence-electron chi connectivity index (χ2n) is 8.26. The van der Waals surface area contributed by atoms with E-state index in [0.29, 0.717) is 12.1 Å². The van der Waals surface area contributed by atoms with Crippen molar-refractivity contribution in [2.45, 2.75) is 45.3 Å². The van der Waals surface area contributed by atoms with Gasteiger partial charge in [-0.15, -0.1) is 0 Å². The van der Waals surface area contributed by atoms with Crippen LogP contribution < -0.4 is 10.6 Å². The van der Waals surface area contributed by atoms with Crippen molar-refractivity contribution in [2.24, 2.45) is 0 Å². The monoisotopic (exact) mass is 400 g/mol. The van der Waals surface area contributed by atoms with Crippen LogP contribution in [0.1, 0.15) is 41.4 Å². The van der Waals surface area contributed by atoms with Crippen molar-refractivity contribution < 1.29 is 4.42 Å². The van der Waals surface area contributed by atoms with Gasteiger partial charge in [0.1, 0.15) is 5.58 Å². The van der Waals surface area contributed by atoms with Crippen molar-refractivity contribution in [2.75, 3.05) is 6.54 Å². The number of hydrogen-bond acceptors (Lipinski definition) is 4. The van der Waals surface area contributed by atoms with Crippen LogP contribution in [0.15, 0.2) is 59.2 Å². The molecule has 2 atom stereocenters. The summed E-state index contributed by atoms with van der Waals surface area (Å²) in [5.41, 5.74) is 7.97. The molecule has 5 rings (SSSR count). The number of aromatic nitrogens is 2. The molecule has 3 N–H and O–H groups in total. The maximum Gasteiger partial charge on any atom is 0.138 e. The molecule has 4 aromatic rings. The van der Waals surface area contributed by atoms with Gasteiger partial charge in [-0.05, 0) is 62.6 Å². The Labute approximate surface area is 176 Å². The molecular formula is C25H28N4O. The Morgan fingerprint density at radius 1 is 1.13 bits per heavy atom. The topological polar surface area (TPSA) is 65.9 Å². The highest BCUT2D eigenvalue weighted by atomic mass is 16.3. The van der Waals surface area contributed by atoms with Crippen LogP contribution in [-0.4, -0.2) is 22.8 Å². The van der Waals surface area contributed by atoms with Gasteiger partial charge in [-0.2, -0.15) is 5.10 Å². The third-order valence-corrected chi connectivity index (χ3v) is 6.22. The number of aromatic amines is 1. The summed E-state index contributed by atoms with van der Waals surface area (Å²) in [6.45, 7) is 5.96. The minimum absolute atomic E-state index is 0.327. The SMILES string of the molecule is Cc1n[nH]c(C)c1-c1cc(CN[C@H]2CCCN[C@H]2c2ccccc2)c2occc2c1. The first-order valence-corrected chi connectivity index (χ1v) is 10.7. The fraction of sp³-hybridized carbons (Fsp3) is 0.320. The molecule has 2 aromatic heterocycles. The van der Waals surface area contributed by atoms with Crippen molar-refractivity contribution in [3.8, 4) is 11.1 Å². The van der Waals surface area contributed by atoms with Crippen LogP contribution in [0.4, 0.5) is 0 Å². The van der Waals surface area contributed by atoms with E-state index in [1.807, 2.05) is 6.07 Å². The fourth-order valence-corrected chi connectivity index (χ4v) is 4.77. The van der Waals surface area contributed by atoms with Crippen molar-refractivity contribution in [1.82, 2.24) is 20.8 Å². The second kappa shape index (κ2) is 8.09. The van der Waals surface area contributed by atoms with E-state index >= 15 is 0 Å². The van der Waals surface area contributed by atoms with E-state index in [9.17, 15) is 0 Å². The molecule has 0 bridgehead atoms. The predicted octanol–water partition coefficient (Wildman–Crippen LogP) is 5.02. The van der Waals surface area contributed by atoms with Crippen LogP contribution in [-0.2, 0) is 6.54 Å². The van der Waals surface area contributed by atoms with Gasteiger partial charge in [-0.1, -0.05) is 30.3 Å². The van der Waals surface area contributed by atoms with Gasteiger partial charge in [0, 0.05) is 40.8 Å². The molecule has 154 valence electrons. The van der Waals surface area contributed by atoms with Crippen LogP contribution in [0.2, 0.25) is 0 Å². The smallest absolute Gasteiger partial charge is 0.138 e. The molecule has 1 fully saturated rings. The summed E-state index contributed by atoms with van der Waals surface area (Å²) >= 11 is 0. The van der Waals surface area contributed by atoms with Crippen molar-refractivity contribution in [1.29, 1.82) is 0 Å². The number of piperidine rings is 1. The summed E-state index contributed by atoms with van der Waals surface area (Å²) in [4.78, 5) is 0. The first-order chi connectivity index (χ1) is 14.7. The number of aryl methyl sites for hydroxylation is 2. The first kappa shape index (κ1) is 19.1. The summed E-state index contributed by atoms with van der Waals surface area (Å²) in [6.07, 6.45) is 4.13. The number of benzene rings is 2. The van der Waals surface area contributed by atoms with Crippen molar-refractivity contribution in [3.63, 3.8) is 0 Å². The van der Waals surface area contributed by atoms with Crippen molar-refractivity contribution in [3.05, 3.63) is 77.3 Å². The number of furan rings is 1. The van der Waals surface area contributed by atoms with Crippen molar-refractivity contribution >= 4 is 11.0 Å². The van der Waals surface area contributed by atoms with Gasteiger partial charge in [0.15, 0.2) is 0 Å². The highest BCUT2D eigenvalue weighted by Gasteiger charge is 2.26. The summed E-state index contributed by atoms with van der Waals surface area (Å²) in [6, 6.07) is 17.9. The van der Waals surface area contributed by atoms with E-state index in [1.54, 1.807) is 6.26 Å². The molecule has 0 amide bonds. The zero-order chi connectivity index (χ0) is 20.5. The van der Waals surface area contributed by atoms with Gasteiger partial charge in [-0.3, -0.25) is 5.10 Å². The molecule has 1 aliphatic rings. The van der Waals surface area contributed by atoms with Crippen LogP contribution in [0, 0.1) is 13.8 Å². The molecule has 5 heteroatoms. The Bertz CT molecular complexity index is 1130. The van der Waals surface area contributed by atoms with E-state index in [-0.39, 0.29) is 0 Å². The van der Waals surface area contributed by atoms with E-state index < -0.39 is 0 Å². The third kappa shape index (κ3) is 3.55. The van der Waals surface area contributed by atoms with Crippen LogP contribution in [0.3, 0.4) is 0 Å². The quantitative estimate of drug-likeness (QED) is 0.440. The maximum atomic E-state index is 5.85. The molecule has 1 aliphatic heterocycles. The number of nitrogens with zero attached hydrogens (tertiary/aromatic N) is 1. The van der Waals surface area contributed by atoms with Gasteiger partial charge in [0.2, 0.25) is 0 Å². The molecule has 0 saturated carbocycles. The lowest BCUT2D eigenvalue weighted by atomic mass is 9.92. The van der Waals surface area contributed by atoms with E-state index in [2.05, 4.69) is 77.1 Å². The number of hydrogen-bond donors (Lipinski definition) is 3. The lowest BCUT2D eigenvalue weighted by Crippen LogP contribution is -2.45. The predicted molar refractivity (Wildman–Crippen MR) is 120 cm³/mol. The van der Waals surface area contributed by atoms with Gasteiger partial charge >= 0.3 is 0 Å². The zero-order valence-electron chi connectivity index (χ0n) is 17.5. The van der Waals surface area contributed by atoms with Gasteiger partial charge < -0.3 is 15.1 Å². The second-order valence-corrected chi connectivity index (χ2v) is 8.26. The minimum Gasteiger partial charge on any atom is -0.464 e. The third-order valence-electron chi connectivity index (χ3n) is 6.22. The molecule has 3 heterocycles. The minimum atomic E-state index is 0.327. The Kier molecular flexibility index (Phi) is 5.15. The Balaban J connectivity index is 1.44. The maximum absolute atomic E-state index is 5.85. The lowest BCUT2D eigenvalue weighted by Gasteiger charge is -2.34. The number of H-pyrrole nitrogens is 1.